The number of allylic oxidation sites excluding steroid dienone is 1. The monoisotopic (exact) mass is 683 g/mol. The Balaban J connectivity index is 2.59. The van der Waals surface area contributed by atoms with Gasteiger partial charge in [0.2, 0.25) is 5.91 Å². The normalized spacial score (nSPS) is 13.2. The van der Waals surface area contributed by atoms with Gasteiger partial charge in [-0.25, -0.2) is 14.8 Å². The lowest BCUT2D eigenvalue weighted by Crippen LogP contribution is -2.45. The highest BCUT2D eigenvalue weighted by molar-refractivity contribution is 9.12. The molecule has 1 atom stereocenters. The number of carbonyl (C=O) groups is 2. The number of ether oxygens (including phenoxy) is 1. The molecule has 0 saturated heterocycles. The molecule has 0 aliphatic heterocycles. The number of carbonyl (C=O) groups excluding carboxylic acids is 2. The Morgan fingerprint density at radius 1 is 0.977 bits per heavy atom. The average molecular weight is 685 g/mol. The first-order valence-electron chi connectivity index (χ1n) is 15.2. The van der Waals surface area contributed by atoms with Crippen molar-refractivity contribution in [1.29, 1.82) is 0 Å². The van der Waals surface area contributed by atoms with E-state index in [2.05, 4.69) is 84.6 Å². The van der Waals surface area contributed by atoms with Crippen molar-refractivity contribution < 1.29 is 14.3 Å². The molecule has 0 aromatic carbocycles. The summed E-state index contributed by atoms with van der Waals surface area (Å²) in [5, 5.41) is 6.21. The minimum atomic E-state index is -2.08. The second-order valence-corrected chi connectivity index (χ2v) is 19.7. The van der Waals surface area contributed by atoms with Crippen LogP contribution >= 0.6 is 15.9 Å². The molecular formula is C34H50BrN5O3Si. The molecule has 8 nitrogen and oxygen atoms in total. The Kier molecular flexibility index (Phi) is 12.8. The molecule has 0 aliphatic carbocycles. The molecule has 0 aliphatic rings. The highest BCUT2D eigenvalue weighted by Gasteiger charge is 2.41. The second-order valence-electron chi connectivity index (χ2n) is 13.3. The number of nitrogens with one attached hydrogen (secondary N) is 2. The van der Waals surface area contributed by atoms with Crippen LogP contribution in [0, 0.1) is 18.4 Å². The summed E-state index contributed by atoms with van der Waals surface area (Å²) in [5.41, 5.74) is 7.84. The Morgan fingerprint density at radius 3 is 2.09 bits per heavy atom. The molecule has 0 spiro atoms. The van der Waals surface area contributed by atoms with Gasteiger partial charge in [-0.05, 0) is 109 Å². The zero-order valence-corrected chi connectivity index (χ0v) is 31.2. The Bertz CT molecular complexity index is 1410. The van der Waals surface area contributed by atoms with Gasteiger partial charge in [0.25, 0.3) is 0 Å². The first kappa shape index (κ1) is 37.0. The van der Waals surface area contributed by atoms with Gasteiger partial charge < -0.3 is 15.4 Å². The molecular weight excluding hydrogens is 634 g/mol. The molecule has 2 amide bonds. The minimum Gasteiger partial charge on any atom is -0.444 e. The van der Waals surface area contributed by atoms with Crippen molar-refractivity contribution in [2.24, 2.45) is 0 Å². The number of amides is 2. The lowest BCUT2D eigenvalue weighted by Gasteiger charge is -2.38. The van der Waals surface area contributed by atoms with Crippen LogP contribution in [-0.4, -0.2) is 53.6 Å². The largest absolute Gasteiger partial charge is 0.444 e. The predicted octanol–water partition coefficient (Wildman–Crippen LogP) is 8.74. The standard InChI is InChI=1S/C34H50BrN5O3Si/c1-21(2)44(22(3)4,23(5)6)19-17-28-27(25(8)31(35)38-30-20-24(7)16-18-36-30)14-15-29(37-28)39-32(41)26(9)40(13)33(42)43-34(10,11)12/h14-16,18,20-23,26H,1-13H3,(H,36,38)(H,37,39,41)/b31-25+. The smallest absolute Gasteiger partial charge is 0.410 e. The molecule has 1 unspecified atom stereocenters. The van der Waals surface area contributed by atoms with E-state index in [1.807, 2.05) is 32.0 Å². The van der Waals surface area contributed by atoms with E-state index < -0.39 is 25.8 Å². The first-order valence-corrected chi connectivity index (χ1v) is 18.2. The van der Waals surface area contributed by atoms with Crippen LogP contribution in [0.4, 0.5) is 16.4 Å². The Hall–Kier alpha value is -3.16. The SMILES string of the molecule is C/C(=C(/Br)Nc1cc(C)ccn1)c1ccc(NC(=O)C(C)N(C)C(=O)OC(C)(C)C)nc1C#C[Si](C(C)C)(C(C)C)C(C)C. The number of hydrogen-bond donors (Lipinski definition) is 2. The zero-order valence-electron chi connectivity index (χ0n) is 28.6. The number of pyridine rings is 2. The topological polar surface area (TPSA) is 96.5 Å². The molecule has 2 heterocycles. The van der Waals surface area contributed by atoms with E-state index >= 15 is 0 Å². The Labute approximate surface area is 274 Å². The van der Waals surface area contributed by atoms with E-state index in [4.69, 9.17) is 9.72 Å². The second kappa shape index (κ2) is 15.2. The van der Waals surface area contributed by atoms with Gasteiger partial charge in [0.15, 0.2) is 0 Å². The van der Waals surface area contributed by atoms with Crippen LogP contribution in [-0.2, 0) is 9.53 Å². The van der Waals surface area contributed by atoms with E-state index in [0.717, 1.165) is 27.1 Å². The van der Waals surface area contributed by atoms with E-state index in [1.54, 1.807) is 47.0 Å². The van der Waals surface area contributed by atoms with Crippen molar-refractivity contribution in [2.45, 2.75) is 111 Å². The predicted molar refractivity (Wildman–Crippen MR) is 188 cm³/mol. The molecule has 44 heavy (non-hydrogen) atoms. The molecule has 2 aromatic rings. The van der Waals surface area contributed by atoms with Gasteiger partial charge >= 0.3 is 6.09 Å². The van der Waals surface area contributed by atoms with Crippen molar-refractivity contribution in [2.75, 3.05) is 17.7 Å². The van der Waals surface area contributed by atoms with Crippen molar-refractivity contribution in [3.8, 4) is 11.5 Å². The van der Waals surface area contributed by atoms with Crippen LogP contribution in [0.15, 0.2) is 35.1 Å². The highest BCUT2D eigenvalue weighted by atomic mass is 79.9. The maximum atomic E-state index is 13.2. The fraction of sp³-hybridized carbons (Fsp3) is 0.529. The van der Waals surface area contributed by atoms with Crippen molar-refractivity contribution in [3.05, 3.63) is 51.9 Å². The lowest BCUT2D eigenvalue weighted by molar-refractivity contribution is -0.120. The summed E-state index contributed by atoms with van der Waals surface area (Å²) in [7, 11) is -0.534. The van der Waals surface area contributed by atoms with Gasteiger partial charge in [-0.15, -0.1) is 5.54 Å². The lowest BCUT2D eigenvalue weighted by atomic mass is 10.1. The van der Waals surface area contributed by atoms with E-state index in [0.29, 0.717) is 28.1 Å². The third-order valence-corrected chi connectivity index (χ3v) is 15.0. The molecule has 240 valence electrons. The van der Waals surface area contributed by atoms with Crippen LogP contribution in [0.1, 0.15) is 93.0 Å². The molecule has 0 bridgehead atoms. The summed E-state index contributed by atoms with van der Waals surface area (Å²) in [5.74, 6) is 4.18. The number of hydrogen-bond acceptors (Lipinski definition) is 6. The third kappa shape index (κ3) is 9.42. The maximum Gasteiger partial charge on any atom is 0.410 e. The van der Waals surface area contributed by atoms with Gasteiger partial charge in [0.05, 0.1) is 4.61 Å². The summed E-state index contributed by atoms with van der Waals surface area (Å²) in [4.78, 5) is 36.3. The maximum absolute atomic E-state index is 13.2. The van der Waals surface area contributed by atoms with Crippen molar-refractivity contribution in [1.82, 2.24) is 14.9 Å². The molecule has 2 N–H and O–H groups in total. The molecule has 0 radical (unpaired) electrons. The van der Waals surface area contributed by atoms with Gasteiger partial charge in [-0.2, -0.15) is 0 Å². The third-order valence-electron chi connectivity index (χ3n) is 7.94. The zero-order chi connectivity index (χ0) is 33.6. The summed E-state index contributed by atoms with van der Waals surface area (Å²) in [6.45, 7) is 24.7. The van der Waals surface area contributed by atoms with E-state index in [9.17, 15) is 9.59 Å². The van der Waals surface area contributed by atoms with Gasteiger partial charge in [-0.1, -0.05) is 47.5 Å². The number of anilines is 2. The van der Waals surface area contributed by atoms with Crippen LogP contribution in [0.2, 0.25) is 16.6 Å². The number of aromatic nitrogens is 2. The average Bonchev–Trinajstić information content (AvgIpc) is 2.90. The molecule has 10 heteroatoms. The van der Waals surface area contributed by atoms with Crippen LogP contribution in [0.25, 0.3) is 5.57 Å². The summed E-state index contributed by atoms with van der Waals surface area (Å²) < 4.78 is 6.17. The van der Waals surface area contributed by atoms with Crippen LogP contribution in [0.5, 0.6) is 0 Å². The number of halogens is 1. The van der Waals surface area contributed by atoms with Gasteiger partial charge in [-0.3, -0.25) is 9.69 Å². The molecule has 0 fully saturated rings. The van der Waals surface area contributed by atoms with Crippen LogP contribution < -0.4 is 10.6 Å². The van der Waals surface area contributed by atoms with Crippen molar-refractivity contribution in [3.63, 3.8) is 0 Å². The van der Waals surface area contributed by atoms with Crippen molar-refractivity contribution >= 4 is 53.2 Å². The number of nitrogens with zero attached hydrogens (tertiary/aromatic N) is 3. The summed E-state index contributed by atoms with van der Waals surface area (Å²) in [6.07, 6.45) is 1.19. The molecule has 0 saturated carbocycles. The molecule has 2 aromatic heterocycles. The van der Waals surface area contributed by atoms with E-state index in [-0.39, 0.29) is 5.91 Å². The number of aryl methyl sites for hydroxylation is 1. The summed E-state index contributed by atoms with van der Waals surface area (Å²) >= 11 is 3.71. The van der Waals surface area contributed by atoms with Gasteiger partial charge in [0.1, 0.15) is 37.0 Å². The quantitative estimate of drug-likeness (QED) is 0.156. The van der Waals surface area contributed by atoms with E-state index in [1.165, 1.54) is 4.90 Å². The number of rotatable bonds is 9. The number of likely N-dealkylation sites (N-methyl/N-ethyl adjacent to an activating group) is 1. The Morgan fingerprint density at radius 2 is 1.57 bits per heavy atom. The van der Waals surface area contributed by atoms with Crippen LogP contribution in [0.3, 0.4) is 0 Å². The minimum absolute atomic E-state index is 0.357. The fourth-order valence-corrected chi connectivity index (χ4v) is 11.0. The summed E-state index contributed by atoms with van der Waals surface area (Å²) in [6, 6.07) is 6.80. The highest BCUT2D eigenvalue weighted by Crippen LogP contribution is 2.41. The molecule has 2 rings (SSSR count). The van der Waals surface area contributed by atoms with Gasteiger partial charge in [0, 0.05) is 18.8 Å². The first-order chi connectivity index (χ1) is 20.3. The fourth-order valence-electron chi connectivity index (χ4n) is 5.35.